The molecule has 0 radical (unpaired) electrons. The second-order valence-corrected chi connectivity index (χ2v) is 5.54. The van der Waals surface area contributed by atoms with Gasteiger partial charge >= 0.3 is 7.12 Å². The van der Waals surface area contributed by atoms with Crippen LogP contribution in [-0.4, -0.2) is 23.7 Å². The minimum atomic E-state index is -1.38. The van der Waals surface area contributed by atoms with Crippen LogP contribution in [0.3, 0.4) is 0 Å². The van der Waals surface area contributed by atoms with Crippen LogP contribution in [0.2, 0.25) is 0 Å². The van der Waals surface area contributed by atoms with Gasteiger partial charge in [0.15, 0.2) is 0 Å². The van der Waals surface area contributed by atoms with Gasteiger partial charge in [0.2, 0.25) is 0 Å². The zero-order chi connectivity index (χ0) is 13.5. The van der Waals surface area contributed by atoms with Crippen molar-refractivity contribution in [2.24, 2.45) is 5.92 Å². The maximum absolute atomic E-state index is 9.29. The van der Waals surface area contributed by atoms with Gasteiger partial charge in [-0.15, -0.1) is 0 Å². The van der Waals surface area contributed by atoms with Gasteiger partial charge in [0, 0.05) is 6.54 Å². The van der Waals surface area contributed by atoms with E-state index in [4.69, 9.17) is 0 Å². The van der Waals surface area contributed by atoms with Crippen molar-refractivity contribution in [2.75, 3.05) is 6.54 Å². The summed E-state index contributed by atoms with van der Waals surface area (Å²) in [6, 6.07) is 7.48. The Bertz CT molecular complexity index is 378. The molecule has 0 heterocycles. The molecule has 1 aliphatic carbocycles. The Morgan fingerprint density at radius 3 is 2.58 bits per heavy atom. The van der Waals surface area contributed by atoms with E-state index in [-0.39, 0.29) is 0 Å². The Hall–Kier alpha value is -0.835. The minimum Gasteiger partial charge on any atom is -0.423 e. The second-order valence-electron chi connectivity index (χ2n) is 5.54. The first-order valence-electron chi connectivity index (χ1n) is 7.42. The molecule has 19 heavy (non-hydrogen) atoms. The number of nitrogens with one attached hydrogen (secondary N) is 1. The molecular formula is C15H24BNO2. The lowest BCUT2D eigenvalue weighted by Gasteiger charge is -2.21. The molecule has 1 aromatic rings. The molecule has 0 spiro atoms. The molecule has 4 heteroatoms. The van der Waals surface area contributed by atoms with Crippen molar-refractivity contribution in [3.05, 3.63) is 29.8 Å². The standard InChI is InChI=1S/C15H24BNO2/c18-16(19)15-9-5-4-8-14(15)12-17-11-10-13-6-2-1-3-7-13/h4-5,8-9,13,17-19H,1-3,6-7,10-12H2. The van der Waals surface area contributed by atoms with E-state index in [2.05, 4.69) is 5.32 Å². The van der Waals surface area contributed by atoms with Crippen LogP contribution in [0.15, 0.2) is 24.3 Å². The molecule has 1 saturated carbocycles. The van der Waals surface area contributed by atoms with E-state index < -0.39 is 7.12 Å². The van der Waals surface area contributed by atoms with Gasteiger partial charge in [-0.3, -0.25) is 0 Å². The highest BCUT2D eigenvalue weighted by atomic mass is 16.4. The highest BCUT2D eigenvalue weighted by Gasteiger charge is 2.15. The maximum atomic E-state index is 9.29. The highest BCUT2D eigenvalue weighted by molar-refractivity contribution is 6.59. The average Bonchev–Trinajstić information content (AvgIpc) is 2.45. The summed E-state index contributed by atoms with van der Waals surface area (Å²) in [5, 5.41) is 22.0. The van der Waals surface area contributed by atoms with Crippen molar-refractivity contribution in [1.82, 2.24) is 5.32 Å². The molecule has 0 bridgehead atoms. The molecule has 1 fully saturated rings. The molecule has 1 aromatic carbocycles. The predicted molar refractivity (Wildman–Crippen MR) is 79.2 cm³/mol. The van der Waals surface area contributed by atoms with Crippen LogP contribution in [0.1, 0.15) is 44.1 Å². The summed E-state index contributed by atoms with van der Waals surface area (Å²) in [7, 11) is -1.38. The quantitative estimate of drug-likeness (QED) is 0.536. The third kappa shape index (κ3) is 4.64. The second kappa shape index (κ2) is 7.68. The average molecular weight is 261 g/mol. The first-order valence-corrected chi connectivity index (χ1v) is 7.42. The molecule has 2 rings (SSSR count). The van der Waals surface area contributed by atoms with Crippen LogP contribution in [0.4, 0.5) is 0 Å². The van der Waals surface area contributed by atoms with Gasteiger partial charge in [0.1, 0.15) is 0 Å². The molecular weight excluding hydrogens is 237 g/mol. The van der Waals surface area contributed by atoms with Crippen molar-refractivity contribution in [3.63, 3.8) is 0 Å². The fourth-order valence-corrected chi connectivity index (χ4v) is 2.95. The van der Waals surface area contributed by atoms with Crippen molar-refractivity contribution in [2.45, 2.75) is 45.1 Å². The lowest BCUT2D eigenvalue weighted by atomic mass is 9.77. The van der Waals surface area contributed by atoms with E-state index in [0.29, 0.717) is 12.0 Å². The zero-order valence-electron chi connectivity index (χ0n) is 11.5. The van der Waals surface area contributed by atoms with Gasteiger partial charge in [-0.05, 0) is 29.9 Å². The monoisotopic (exact) mass is 261 g/mol. The summed E-state index contributed by atoms with van der Waals surface area (Å²) in [4.78, 5) is 0. The first kappa shape index (κ1) is 14.6. The van der Waals surface area contributed by atoms with E-state index in [0.717, 1.165) is 18.0 Å². The van der Waals surface area contributed by atoms with Gasteiger partial charge < -0.3 is 15.4 Å². The molecule has 104 valence electrons. The van der Waals surface area contributed by atoms with Gasteiger partial charge in [-0.1, -0.05) is 56.4 Å². The Labute approximate surface area is 116 Å². The Balaban J connectivity index is 1.73. The van der Waals surface area contributed by atoms with Crippen LogP contribution in [0, 0.1) is 5.92 Å². The highest BCUT2D eigenvalue weighted by Crippen LogP contribution is 2.25. The third-order valence-electron chi connectivity index (χ3n) is 4.10. The molecule has 0 atom stereocenters. The lowest BCUT2D eigenvalue weighted by Crippen LogP contribution is -2.34. The SMILES string of the molecule is OB(O)c1ccccc1CNCCC1CCCCC1. The molecule has 3 N–H and O–H groups in total. The van der Waals surface area contributed by atoms with Gasteiger partial charge in [0.25, 0.3) is 0 Å². The predicted octanol–water partition coefficient (Wildman–Crippen LogP) is 1.43. The molecule has 0 unspecified atom stereocenters. The zero-order valence-corrected chi connectivity index (χ0v) is 11.5. The normalized spacial score (nSPS) is 16.5. The molecule has 0 aliphatic heterocycles. The fourth-order valence-electron chi connectivity index (χ4n) is 2.95. The number of hydrogen-bond acceptors (Lipinski definition) is 3. The smallest absolute Gasteiger partial charge is 0.423 e. The van der Waals surface area contributed by atoms with Crippen LogP contribution in [-0.2, 0) is 6.54 Å². The number of hydrogen-bond donors (Lipinski definition) is 3. The molecule has 0 aromatic heterocycles. The largest absolute Gasteiger partial charge is 0.488 e. The van der Waals surface area contributed by atoms with Crippen LogP contribution in [0.5, 0.6) is 0 Å². The van der Waals surface area contributed by atoms with Gasteiger partial charge in [0.05, 0.1) is 0 Å². The summed E-state index contributed by atoms with van der Waals surface area (Å²) >= 11 is 0. The van der Waals surface area contributed by atoms with Gasteiger partial charge in [-0.2, -0.15) is 0 Å². The molecule has 0 saturated heterocycles. The third-order valence-corrected chi connectivity index (χ3v) is 4.10. The Morgan fingerprint density at radius 1 is 1.11 bits per heavy atom. The van der Waals surface area contributed by atoms with Crippen LogP contribution < -0.4 is 10.8 Å². The summed E-state index contributed by atoms with van der Waals surface area (Å²) in [6.45, 7) is 1.72. The number of benzene rings is 1. The fraction of sp³-hybridized carbons (Fsp3) is 0.600. The van der Waals surface area contributed by atoms with Crippen LogP contribution in [0.25, 0.3) is 0 Å². The first-order chi connectivity index (χ1) is 9.27. The summed E-state index contributed by atoms with van der Waals surface area (Å²) in [6.07, 6.45) is 8.20. The van der Waals surface area contributed by atoms with E-state index in [9.17, 15) is 10.0 Å². The lowest BCUT2D eigenvalue weighted by molar-refractivity contribution is 0.334. The van der Waals surface area contributed by atoms with E-state index in [1.54, 1.807) is 6.07 Å². The van der Waals surface area contributed by atoms with E-state index in [1.165, 1.54) is 38.5 Å². The summed E-state index contributed by atoms with van der Waals surface area (Å²) < 4.78 is 0. The van der Waals surface area contributed by atoms with Crippen LogP contribution >= 0.6 is 0 Å². The van der Waals surface area contributed by atoms with Crippen molar-refractivity contribution in [1.29, 1.82) is 0 Å². The minimum absolute atomic E-state index is 0.604. The topological polar surface area (TPSA) is 52.5 Å². The summed E-state index contributed by atoms with van der Waals surface area (Å²) in [5.41, 5.74) is 1.58. The molecule has 0 amide bonds. The van der Waals surface area contributed by atoms with Gasteiger partial charge in [-0.25, -0.2) is 0 Å². The van der Waals surface area contributed by atoms with E-state index >= 15 is 0 Å². The number of rotatable bonds is 6. The maximum Gasteiger partial charge on any atom is 0.488 e. The molecule has 1 aliphatic rings. The van der Waals surface area contributed by atoms with Crippen molar-refractivity contribution in [3.8, 4) is 0 Å². The Morgan fingerprint density at radius 2 is 1.84 bits per heavy atom. The van der Waals surface area contributed by atoms with Crippen molar-refractivity contribution < 1.29 is 10.0 Å². The van der Waals surface area contributed by atoms with Crippen molar-refractivity contribution >= 4 is 12.6 Å². The Kier molecular flexibility index (Phi) is 5.89. The molecule has 3 nitrogen and oxygen atoms in total. The summed E-state index contributed by atoms with van der Waals surface area (Å²) in [5.74, 6) is 0.889. The van der Waals surface area contributed by atoms with E-state index in [1.807, 2.05) is 18.2 Å².